The molecule has 0 aliphatic heterocycles. The summed E-state index contributed by atoms with van der Waals surface area (Å²) in [5, 5.41) is 4.11. The number of hydrogen-bond donors (Lipinski definition) is 0. The lowest BCUT2D eigenvalue weighted by molar-refractivity contribution is 0.487. The molecule has 0 N–H and O–H groups in total. The van der Waals surface area contributed by atoms with Gasteiger partial charge in [-0.05, 0) is 59.3 Å². The quantitative estimate of drug-likeness (QED) is 0.509. The first-order chi connectivity index (χ1) is 11.9. The Morgan fingerprint density at radius 3 is 1.88 bits per heavy atom. The standard InChI is InChI=1S/C22H29PS/c1-4-10-18(11-5-1)22-21(16-17-24-22)23(19-12-6-2-7-13-19)20-14-8-3-9-15-20/h1,4-5,10-11,16-17,19-20H,2-3,6-9,12-15H2. The molecule has 2 saturated carbocycles. The Morgan fingerprint density at radius 1 is 0.708 bits per heavy atom. The van der Waals surface area contributed by atoms with Crippen LogP contribution in [0.1, 0.15) is 64.2 Å². The van der Waals surface area contributed by atoms with Gasteiger partial charge in [0.1, 0.15) is 0 Å². The van der Waals surface area contributed by atoms with Crippen LogP contribution < -0.4 is 5.30 Å². The molecule has 2 aromatic rings. The molecule has 1 aromatic heterocycles. The predicted molar refractivity (Wildman–Crippen MR) is 110 cm³/mol. The summed E-state index contributed by atoms with van der Waals surface area (Å²) in [4.78, 5) is 1.58. The summed E-state index contributed by atoms with van der Waals surface area (Å²) in [5.74, 6) is 0. The van der Waals surface area contributed by atoms with Crippen molar-refractivity contribution in [2.75, 3.05) is 0 Å². The van der Waals surface area contributed by atoms with Gasteiger partial charge in [0.25, 0.3) is 0 Å². The van der Waals surface area contributed by atoms with Gasteiger partial charge in [-0.15, -0.1) is 11.3 Å². The van der Waals surface area contributed by atoms with Gasteiger partial charge < -0.3 is 0 Å². The van der Waals surface area contributed by atoms with E-state index in [4.69, 9.17) is 0 Å². The second-order valence-corrected chi connectivity index (χ2v) is 11.2. The highest BCUT2D eigenvalue weighted by Gasteiger charge is 2.34. The van der Waals surface area contributed by atoms with Crippen molar-refractivity contribution in [2.24, 2.45) is 0 Å². The van der Waals surface area contributed by atoms with E-state index in [1.165, 1.54) is 69.8 Å². The van der Waals surface area contributed by atoms with Crippen LogP contribution in [0.3, 0.4) is 0 Å². The largest absolute Gasteiger partial charge is 0.143 e. The first-order valence-electron chi connectivity index (χ1n) is 9.85. The predicted octanol–water partition coefficient (Wildman–Crippen LogP) is 7.19. The fraction of sp³-hybridized carbons (Fsp3) is 0.545. The number of thiophene rings is 1. The summed E-state index contributed by atoms with van der Waals surface area (Å²) in [6, 6.07) is 13.7. The summed E-state index contributed by atoms with van der Waals surface area (Å²) in [6.07, 6.45) is 14.8. The maximum atomic E-state index is 2.50. The monoisotopic (exact) mass is 356 g/mol. The van der Waals surface area contributed by atoms with Gasteiger partial charge in [-0.3, -0.25) is 0 Å². The minimum atomic E-state index is 0.0109. The fourth-order valence-corrected chi connectivity index (χ4v) is 9.93. The first kappa shape index (κ1) is 16.8. The molecule has 0 amide bonds. The summed E-state index contributed by atoms with van der Waals surface area (Å²) in [7, 11) is 0.0109. The summed E-state index contributed by atoms with van der Waals surface area (Å²) < 4.78 is 0. The SMILES string of the molecule is c1ccc(-c2sccc2P(C2CCCCC2)C2CCCCC2)cc1. The Bertz CT molecular complexity index is 602. The van der Waals surface area contributed by atoms with Gasteiger partial charge in [0.15, 0.2) is 0 Å². The lowest BCUT2D eigenvalue weighted by Crippen LogP contribution is -2.26. The van der Waals surface area contributed by atoms with E-state index < -0.39 is 0 Å². The number of hydrogen-bond acceptors (Lipinski definition) is 1. The van der Waals surface area contributed by atoms with Crippen LogP contribution in [0.25, 0.3) is 10.4 Å². The molecule has 24 heavy (non-hydrogen) atoms. The zero-order chi connectivity index (χ0) is 16.2. The maximum absolute atomic E-state index is 2.50. The van der Waals surface area contributed by atoms with Gasteiger partial charge in [0.2, 0.25) is 0 Å². The fourth-order valence-electron chi connectivity index (χ4n) is 4.72. The molecule has 4 rings (SSSR count). The van der Waals surface area contributed by atoms with Crippen LogP contribution in [0, 0.1) is 0 Å². The number of benzene rings is 1. The molecule has 0 unspecified atom stereocenters. The molecule has 0 bridgehead atoms. The molecule has 0 saturated heterocycles. The molecule has 1 aromatic carbocycles. The molecule has 2 fully saturated rings. The Morgan fingerprint density at radius 2 is 1.29 bits per heavy atom. The molecule has 128 valence electrons. The lowest BCUT2D eigenvalue weighted by atomic mass is 9.99. The van der Waals surface area contributed by atoms with Gasteiger partial charge >= 0.3 is 0 Å². The topological polar surface area (TPSA) is 0 Å². The summed E-state index contributed by atoms with van der Waals surface area (Å²) in [5.41, 5.74) is 3.43. The van der Waals surface area contributed by atoms with Crippen LogP contribution in [0.5, 0.6) is 0 Å². The van der Waals surface area contributed by atoms with Crippen molar-refractivity contribution >= 4 is 24.6 Å². The van der Waals surface area contributed by atoms with Crippen LogP contribution in [0.4, 0.5) is 0 Å². The van der Waals surface area contributed by atoms with Crippen molar-refractivity contribution in [3.63, 3.8) is 0 Å². The van der Waals surface area contributed by atoms with Gasteiger partial charge in [0, 0.05) is 4.88 Å². The average Bonchev–Trinajstić information content (AvgIpc) is 3.14. The molecule has 2 aliphatic rings. The lowest BCUT2D eigenvalue weighted by Gasteiger charge is -2.38. The zero-order valence-electron chi connectivity index (χ0n) is 14.6. The van der Waals surface area contributed by atoms with Crippen molar-refractivity contribution in [2.45, 2.75) is 75.5 Å². The normalized spacial score (nSPS) is 20.5. The Labute approximate surface area is 152 Å². The van der Waals surface area contributed by atoms with Crippen molar-refractivity contribution in [1.29, 1.82) is 0 Å². The number of rotatable bonds is 4. The second-order valence-electron chi connectivity index (χ2n) is 7.49. The molecular weight excluding hydrogens is 327 g/mol. The van der Waals surface area contributed by atoms with E-state index in [-0.39, 0.29) is 7.92 Å². The van der Waals surface area contributed by atoms with Gasteiger partial charge in [-0.25, -0.2) is 0 Å². The summed E-state index contributed by atoms with van der Waals surface area (Å²) in [6.45, 7) is 0. The Kier molecular flexibility index (Phi) is 5.71. The highest BCUT2D eigenvalue weighted by atomic mass is 32.1. The van der Waals surface area contributed by atoms with Crippen molar-refractivity contribution in [3.05, 3.63) is 41.8 Å². The van der Waals surface area contributed by atoms with E-state index >= 15 is 0 Å². The van der Waals surface area contributed by atoms with Crippen LogP contribution in [0.2, 0.25) is 0 Å². The maximum Gasteiger partial charge on any atom is 0.0419 e. The van der Waals surface area contributed by atoms with Gasteiger partial charge in [-0.2, -0.15) is 0 Å². The molecule has 0 nitrogen and oxygen atoms in total. The van der Waals surface area contributed by atoms with Crippen molar-refractivity contribution in [1.82, 2.24) is 0 Å². The molecular formula is C22H29PS. The van der Waals surface area contributed by atoms with Crippen LogP contribution in [-0.4, -0.2) is 11.3 Å². The third-order valence-corrected chi connectivity index (χ3v) is 10.5. The van der Waals surface area contributed by atoms with E-state index in [9.17, 15) is 0 Å². The van der Waals surface area contributed by atoms with Crippen molar-refractivity contribution in [3.8, 4) is 10.4 Å². The van der Waals surface area contributed by atoms with E-state index in [0.29, 0.717) is 0 Å². The molecule has 1 heterocycles. The van der Waals surface area contributed by atoms with E-state index in [2.05, 4.69) is 41.8 Å². The Balaban J connectivity index is 1.69. The first-order valence-corrected chi connectivity index (χ1v) is 12.2. The molecule has 0 spiro atoms. The molecule has 0 atom stereocenters. The van der Waals surface area contributed by atoms with Crippen LogP contribution >= 0.6 is 19.3 Å². The third-order valence-electron chi connectivity index (χ3n) is 5.89. The van der Waals surface area contributed by atoms with E-state index in [1.807, 2.05) is 11.3 Å². The van der Waals surface area contributed by atoms with E-state index in [1.54, 1.807) is 10.2 Å². The van der Waals surface area contributed by atoms with Crippen LogP contribution in [-0.2, 0) is 0 Å². The highest BCUT2D eigenvalue weighted by molar-refractivity contribution is 7.67. The summed E-state index contributed by atoms with van der Waals surface area (Å²) >= 11 is 1.98. The second kappa shape index (κ2) is 8.15. The smallest absolute Gasteiger partial charge is 0.0419 e. The van der Waals surface area contributed by atoms with Crippen LogP contribution in [0.15, 0.2) is 41.8 Å². The zero-order valence-corrected chi connectivity index (χ0v) is 16.3. The molecule has 0 radical (unpaired) electrons. The minimum Gasteiger partial charge on any atom is -0.143 e. The average molecular weight is 357 g/mol. The molecule has 2 heteroatoms. The van der Waals surface area contributed by atoms with Gasteiger partial charge in [-0.1, -0.05) is 76.8 Å². The van der Waals surface area contributed by atoms with E-state index in [0.717, 1.165) is 11.3 Å². The van der Waals surface area contributed by atoms with Crippen molar-refractivity contribution < 1.29 is 0 Å². The highest BCUT2D eigenvalue weighted by Crippen LogP contribution is 2.56. The minimum absolute atomic E-state index is 0.0109. The molecule has 2 aliphatic carbocycles. The Hall–Kier alpha value is -0.650. The third kappa shape index (κ3) is 3.63. The van der Waals surface area contributed by atoms with Gasteiger partial charge in [0.05, 0.1) is 0 Å².